The van der Waals surface area contributed by atoms with Gasteiger partial charge in [-0.15, -0.1) is 10.2 Å². The predicted octanol–water partition coefficient (Wildman–Crippen LogP) is 5.17. The van der Waals surface area contributed by atoms with Gasteiger partial charge in [0, 0.05) is 35.4 Å². The van der Waals surface area contributed by atoms with E-state index in [1.807, 2.05) is 77.9 Å². The minimum Gasteiger partial charge on any atom is -0.309 e. The van der Waals surface area contributed by atoms with Crippen LogP contribution in [0.4, 0.5) is 5.69 Å². The number of aryl methyl sites for hydroxylation is 1. The van der Waals surface area contributed by atoms with Gasteiger partial charge in [0.25, 0.3) is 0 Å². The molecule has 2 heterocycles. The first-order chi connectivity index (χ1) is 15.5. The Balaban J connectivity index is 1.64. The van der Waals surface area contributed by atoms with Gasteiger partial charge in [-0.25, -0.2) is 0 Å². The number of nitrogens with zero attached hydrogens (tertiary/aromatic N) is 5. The normalized spacial score (nSPS) is 11.0. The molecule has 2 aromatic carbocycles. The van der Waals surface area contributed by atoms with Gasteiger partial charge in [0.2, 0.25) is 5.91 Å². The lowest BCUT2D eigenvalue weighted by atomic mass is 10.2. The van der Waals surface area contributed by atoms with E-state index in [0.717, 1.165) is 22.8 Å². The molecule has 0 aliphatic carbocycles. The van der Waals surface area contributed by atoms with E-state index in [1.54, 1.807) is 12.4 Å². The molecule has 0 aliphatic heterocycles. The molecule has 0 aliphatic rings. The zero-order valence-electron chi connectivity index (χ0n) is 18.3. The van der Waals surface area contributed by atoms with Gasteiger partial charge in [-0.1, -0.05) is 47.7 Å². The second kappa shape index (κ2) is 9.78. The van der Waals surface area contributed by atoms with E-state index in [9.17, 15) is 4.79 Å². The molecule has 0 atom stereocenters. The van der Waals surface area contributed by atoms with Crippen molar-refractivity contribution in [3.63, 3.8) is 0 Å². The maximum absolute atomic E-state index is 13.2. The molecule has 7 heteroatoms. The molecular weight excluding hydrogens is 418 g/mol. The summed E-state index contributed by atoms with van der Waals surface area (Å²) in [5.41, 5.74) is 3.93. The maximum Gasteiger partial charge on any atom is 0.237 e. The third-order valence-corrected chi connectivity index (χ3v) is 5.92. The molecule has 0 unspecified atom stereocenters. The summed E-state index contributed by atoms with van der Waals surface area (Å²) in [5.74, 6) is 1.00. The van der Waals surface area contributed by atoms with E-state index >= 15 is 0 Å². The van der Waals surface area contributed by atoms with Crippen LogP contribution in [0, 0.1) is 6.92 Å². The van der Waals surface area contributed by atoms with Gasteiger partial charge in [-0.3, -0.25) is 14.3 Å². The first-order valence-corrected chi connectivity index (χ1v) is 11.5. The van der Waals surface area contributed by atoms with Gasteiger partial charge in [0.15, 0.2) is 11.0 Å². The van der Waals surface area contributed by atoms with Crippen molar-refractivity contribution in [2.75, 3.05) is 10.7 Å². The van der Waals surface area contributed by atoms with Crippen LogP contribution in [0.25, 0.3) is 17.1 Å². The highest BCUT2D eigenvalue weighted by Gasteiger charge is 2.22. The quantitative estimate of drug-likeness (QED) is 0.369. The number of hydrogen-bond donors (Lipinski definition) is 0. The molecule has 0 spiro atoms. The highest BCUT2D eigenvalue weighted by molar-refractivity contribution is 7.99. The molecule has 162 valence electrons. The highest BCUT2D eigenvalue weighted by atomic mass is 32.2. The number of para-hydroxylation sites is 1. The lowest BCUT2D eigenvalue weighted by Crippen LogP contribution is -2.38. The summed E-state index contributed by atoms with van der Waals surface area (Å²) in [7, 11) is 0. The maximum atomic E-state index is 13.2. The second-order valence-electron chi connectivity index (χ2n) is 7.69. The number of rotatable bonds is 7. The van der Waals surface area contributed by atoms with Crippen molar-refractivity contribution in [1.82, 2.24) is 19.7 Å². The zero-order valence-corrected chi connectivity index (χ0v) is 19.2. The number of amides is 1. The van der Waals surface area contributed by atoms with Gasteiger partial charge >= 0.3 is 0 Å². The molecule has 4 aromatic rings. The lowest BCUT2D eigenvalue weighted by Gasteiger charge is -2.26. The average molecular weight is 444 g/mol. The smallest absolute Gasteiger partial charge is 0.237 e. The van der Waals surface area contributed by atoms with E-state index < -0.39 is 0 Å². The fourth-order valence-corrected chi connectivity index (χ4v) is 4.30. The van der Waals surface area contributed by atoms with E-state index in [0.29, 0.717) is 5.16 Å². The van der Waals surface area contributed by atoms with Crippen molar-refractivity contribution < 1.29 is 4.79 Å². The van der Waals surface area contributed by atoms with E-state index in [1.165, 1.54) is 17.3 Å². The Labute approximate surface area is 192 Å². The molecule has 0 radical (unpaired) electrons. The number of thioether (sulfide) groups is 1. The second-order valence-corrected chi connectivity index (χ2v) is 8.64. The van der Waals surface area contributed by atoms with Crippen molar-refractivity contribution in [2.45, 2.75) is 32.0 Å². The number of aromatic nitrogens is 4. The standard InChI is InChI=1S/C25H25N5OS/c1-18(2)29(21-7-5-4-6-8-21)23(31)17-32-25-28-27-24(20-13-15-26-16-14-20)30(25)22-11-9-19(3)10-12-22/h4-16,18H,17H2,1-3H3. The zero-order chi connectivity index (χ0) is 22.5. The molecule has 6 nitrogen and oxygen atoms in total. The molecule has 32 heavy (non-hydrogen) atoms. The first kappa shape index (κ1) is 21.8. The van der Waals surface area contributed by atoms with Crippen LogP contribution < -0.4 is 4.90 Å². The Morgan fingerprint density at radius 2 is 1.66 bits per heavy atom. The molecule has 0 N–H and O–H groups in total. The number of pyridine rings is 1. The van der Waals surface area contributed by atoms with Crippen LogP contribution in [0.1, 0.15) is 19.4 Å². The Hall–Kier alpha value is -3.45. The van der Waals surface area contributed by atoms with Gasteiger partial charge in [0.1, 0.15) is 0 Å². The van der Waals surface area contributed by atoms with E-state index in [2.05, 4.69) is 34.2 Å². The molecule has 2 aromatic heterocycles. The monoisotopic (exact) mass is 443 g/mol. The van der Waals surface area contributed by atoms with Gasteiger partial charge in [0.05, 0.1) is 5.75 Å². The van der Waals surface area contributed by atoms with Crippen LogP contribution in [-0.2, 0) is 4.79 Å². The van der Waals surface area contributed by atoms with Crippen LogP contribution in [0.3, 0.4) is 0 Å². The van der Waals surface area contributed by atoms with Crippen LogP contribution in [0.5, 0.6) is 0 Å². The van der Waals surface area contributed by atoms with Crippen molar-refractivity contribution in [2.24, 2.45) is 0 Å². The molecule has 4 rings (SSSR count). The number of carbonyl (C=O) groups is 1. The third-order valence-electron chi connectivity index (χ3n) is 5.01. The van der Waals surface area contributed by atoms with Gasteiger partial charge in [-0.2, -0.15) is 0 Å². The number of hydrogen-bond acceptors (Lipinski definition) is 5. The fraction of sp³-hybridized carbons (Fsp3) is 0.200. The van der Waals surface area contributed by atoms with Crippen molar-refractivity contribution >= 4 is 23.4 Å². The summed E-state index contributed by atoms with van der Waals surface area (Å²) in [6.07, 6.45) is 3.47. The average Bonchev–Trinajstić information content (AvgIpc) is 3.23. The first-order valence-electron chi connectivity index (χ1n) is 10.5. The Morgan fingerprint density at radius 1 is 0.969 bits per heavy atom. The molecule has 1 amide bonds. The fourth-order valence-electron chi connectivity index (χ4n) is 3.49. The third kappa shape index (κ3) is 4.73. The SMILES string of the molecule is Cc1ccc(-n2c(SCC(=O)N(c3ccccc3)C(C)C)nnc2-c2ccncc2)cc1. The summed E-state index contributed by atoms with van der Waals surface area (Å²) in [6, 6.07) is 21.8. The summed E-state index contributed by atoms with van der Waals surface area (Å²) in [6.45, 7) is 6.09. The van der Waals surface area contributed by atoms with Crippen molar-refractivity contribution in [3.8, 4) is 17.1 Å². The molecular formula is C25H25N5OS. The summed E-state index contributed by atoms with van der Waals surface area (Å²) in [4.78, 5) is 19.1. The van der Waals surface area contributed by atoms with Crippen LogP contribution >= 0.6 is 11.8 Å². The Bertz CT molecular complexity index is 1170. The van der Waals surface area contributed by atoms with Crippen LogP contribution in [0.2, 0.25) is 0 Å². The predicted molar refractivity (Wildman–Crippen MR) is 129 cm³/mol. The van der Waals surface area contributed by atoms with Crippen molar-refractivity contribution in [3.05, 3.63) is 84.7 Å². The summed E-state index contributed by atoms with van der Waals surface area (Å²) >= 11 is 1.39. The largest absolute Gasteiger partial charge is 0.309 e. The minimum absolute atomic E-state index is 0.0279. The van der Waals surface area contributed by atoms with Crippen molar-refractivity contribution in [1.29, 1.82) is 0 Å². The molecule has 0 saturated carbocycles. The van der Waals surface area contributed by atoms with Crippen LogP contribution in [-0.4, -0.2) is 37.5 Å². The summed E-state index contributed by atoms with van der Waals surface area (Å²) in [5, 5.41) is 9.54. The topological polar surface area (TPSA) is 63.9 Å². The number of carbonyl (C=O) groups excluding carboxylic acids is 1. The van der Waals surface area contributed by atoms with Gasteiger partial charge in [-0.05, 0) is 57.2 Å². The van der Waals surface area contributed by atoms with E-state index in [4.69, 9.17) is 0 Å². The molecule has 0 saturated heterocycles. The molecule has 0 fully saturated rings. The lowest BCUT2D eigenvalue weighted by molar-refractivity contribution is -0.116. The minimum atomic E-state index is 0.0279. The van der Waals surface area contributed by atoms with Gasteiger partial charge < -0.3 is 4.90 Å². The Morgan fingerprint density at radius 3 is 2.31 bits per heavy atom. The number of benzene rings is 2. The van der Waals surface area contributed by atoms with E-state index in [-0.39, 0.29) is 17.7 Å². The molecule has 0 bridgehead atoms. The Kier molecular flexibility index (Phi) is 6.66. The number of anilines is 1. The summed E-state index contributed by atoms with van der Waals surface area (Å²) < 4.78 is 1.99. The van der Waals surface area contributed by atoms with Crippen LogP contribution in [0.15, 0.2) is 84.3 Å². The highest BCUT2D eigenvalue weighted by Crippen LogP contribution is 2.29.